The Kier molecular flexibility index (Phi) is 3.72. The monoisotopic (exact) mass is 252 g/mol. The van der Waals surface area contributed by atoms with Crippen molar-refractivity contribution in [1.29, 1.82) is 0 Å². The lowest BCUT2D eigenvalue weighted by atomic mass is 9.75. The van der Waals surface area contributed by atoms with E-state index in [0.717, 1.165) is 57.5 Å². The molecular formula is C15H28N2O. The zero-order valence-electron chi connectivity index (χ0n) is 12.2. The fourth-order valence-corrected chi connectivity index (χ4v) is 3.48. The van der Waals surface area contributed by atoms with Crippen molar-refractivity contribution in [1.82, 2.24) is 4.90 Å². The Balaban J connectivity index is 1.92. The minimum atomic E-state index is -0.533. The molecule has 0 aromatic rings. The third-order valence-corrected chi connectivity index (χ3v) is 4.93. The summed E-state index contributed by atoms with van der Waals surface area (Å²) in [6, 6.07) is 0. The van der Waals surface area contributed by atoms with E-state index in [-0.39, 0.29) is 5.91 Å². The number of likely N-dealkylation sites (tertiary alicyclic amines) is 1. The molecule has 0 spiro atoms. The Bertz CT molecular complexity index is 305. The lowest BCUT2D eigenvalue weighted by Gasteiger charge is -2.41. The van der Waals surface area contributed by atoms with E-state index < -0.39 is 5.54 Å². The van der Waals surface area contributed by atoms with Crippen molar-refractivity contribution in [2.75, 3.05) is 13.1 Å². The molecule has 1 saturated carbocycles. The van der Waals surface area contributed by atoms with E-state index in [1.54, 1.807) is 0 Å². The summed E-state index contributed by atoms with van der Waals surface area (Å²) in [7, 11) is 0. The molecule has 1 aliphatic heterocycles. The second-order valence-corrected chi connectivity index (χ2v) is 7.30. The first-order valence-corrected chi connectivity index (χ1v) is 7.41. The first-order chi connectivity index (χ1) is 8.33. The summed E-state index contributed by atoms with van der Waals surface area (Å²) in [4.78, 5) is 14.5. The van der Waals surface area contributed by atoms with Gasteiger partial charge in [-0.2, -0.15) is 0 Å². The van der Waals surface area contributed by atoms with Gasteiger partial charge in [0.05, 0.1) is 5.54 Å². The number of rotatable bonds is 1. The minimum absolute atomic E-state index is 0.215. The van der Waals surface area contributed by atoms with Gasteiger partial charge in [-0.1, -0.05) is 33.6 Å². The molecule has 3 nitrogen and oxygen atoms in total. The molecule has 3 heteroatoms. The molecule has 1 aliphatic carbocycles. The lowest BCUT2D eigenvalue weighted by Crippen LogP contribution is -2.55. The number of amides is 1. The zero-order chi connectivity index (χ0) is 13.4. The van der Waals surface area contributed by atoms with Crippen LogP contribution in [0.3, 0.4) is 0 Å². The van der Waals surface area contributed by atoms with Gasteiger partial charge >= 0.3 is 0 Å². The highest BCUT2D eigenvalue weighted by molar-refractivity contribution is 5.86. The molecule has 1 amide bonds. The molecule has 0 aromatic heterocycles. The molecule has 2 N–H and O–H groups in total. The van der Waals surface area contributed by atoms with Gasteiger partial charge in [0, 0.05) is 13.1 Å². The van der Waals surface area contributed by atoms with Crippen LogP contribution in [0.5, 0.6) is 0 Å². The molecule has 0 unspecified atom stereocenters. The van der Waals surface area contributed by atoms with Gasteiger partial charge in [0.2, 0.25) is 5.91 Å². The van der Waals surface area contributed by atoms with Gasteiger partial charge < -0.3 is 10.6 Å². The van der Waals surface area contributed by atoms with Crippen LogP contribution in [0.2, 0.25) is 0 Å². The number of nitrogens with two attached hydrogens (primary N) is 1. The Morgan fingerprint density at radius 1 is 1.17 bits per heavy atom. The maximum Gasteiger partial charge on any atom is 0.242 e. The Morgan fingerprint density at radius 3 is 2.11 bits per heavy atom. The quantitative estimate of drug-likeness (QED) is 0.779. The maximum atomic E-state index is 12.5. The second kappa shape index (κ2) is 4.84. The van der Waals surface area contributed by atoms with Crippen molar-refractivity contribution in [3.63, 3.8) is 0 Å². The summed E-state index contributed by atoms with van der Waals surface area (Å²) >= 11 is 0. The van der Waals surface area contributed by atoms with E-state index in [1.807, 2.05) is 4.90 Å². The first-order valence-electron chi connectivity index (χ1n) is 7.41. The van der Waals surface area contributed by atoms with E-state index in [1.165, 1.54) is 0 Å². The highest BCUT2D eigenvalue weighted by Crippen LogP contribution is 2.36. The molecule has 0 aromatic carbocycles. The summed E-state index contributed by atoms with van der Waals surface area (Å²) in [6.45, 7) is 8.71. The van der Waals surface area contributed by atoms with Crippen LogP contribution < -0.4 is 5.73 Å². The van der Waals surface area contributed by atoms with Crippen LogP contribution in [0.4, 0.5) is 0 Å². The van der Waals surface area contributed by atoms with Crippen molar-refractivity contribution in [2.24, 2.45) is 17.1 Å². The number of nitrogens with zero attached hydrogens (tertiary/aromatic N) is 1. The van der Waals surface area contributed by atoms with E-state index in [0.29, 0.717) is 5.41 Å². The van der Waals surface area contributed by atoms with Gasteiger partial charge in [-0.15, -0.1) is 0 Å². The Morgan fingerprint density at radius 2 is 1.67 bits per heavy atom. The van der Waals surface area contributed by atoms with Crippen LogP contribution in [0, 0.1) is 11.3 Å². The Hall–Kier alpha value is -0.570. The van der Waals surface area contributed by atoms with E-state index >= 15 is 0 Å². The molecule has 0 atom stereocenters. The van der Waals surface area contributed by atoms with Gasteiger partial charge in [-0.25, -0.2) is 0 Å². The van der Waals surface area contributed by atoms with Crippen LogP contribution in [-0.2, 0) is 4.79 Å². The number of hydrogen-bond acceptors (Lipinski definition) is 2. The molecule has 1 saturated heterocycles. The fourth-order valence-electron chi connectivity index (χ4n) is 3.48. The summed E-state index contributed by atoms with van der Waals surface area (Å²) < 4.78 is 0. The number of carbonyl (C=O) groups is 1. The molecule has 104 valence electrons. The minimum Gasteiger partial charge on any atom is -0.341 e. The van der Waals surface area contributed by atoms with Gasteiger partial charge in [0.25, 0.3) is 0 Å². The van der Waals surface area contributed by atoms with Crippen molar-refractivity contribution < 1.29 is 4.79 Å². The van der Waals surface area contributed by atoms with Crippen molar-refractivity contribution in [2.45, 2.75) is 64.8 Å². The first kappa shape index (κ1) is 13.9. The average molecular weight is 252 g/mol. The van der Waals surface area contributed by atoms with Crippen molar-refractivity contribution in [3.05, 3.63) is 0 Å². The molecule has 2 rings (SSSR count). The molecule has 0 bridgehead atoms. The number of carbonyl (C=O) groups excluding carboxylic acids is 1. The molecule has 2 fully saturated rings. The number of hydrogen-bond donors (Lipinski definition) is 1. The molecule has 1 heterocycles. The molecule has 0 radical (unpaired) electrons. The van der Waals surface area contributed by atoms with Crippen LogP contribution in [0.15, 0.2) is 0 Å². The second-order valence-electron chi connectivity index (χ2n) is 7.30. The van der Waals surface area contributed by atoms with Gasteiger partial charge in [-0.05, 0) is 37.0 Å². The Labute approximate surface area is 111 Å². The van der Waals surface area contributed by atoms with Crippen molar-refractivity contribution in [3.8, 4) is 0 Å². The van der Waals surface area contributed by atoms with E-state index in [9.17, 15) is 4.79 Å². The number of piperidine rings is 1. The van der Waals surface area contributed by atoms with Crippen molar-refractivity contribution >= 4 is 5.91 Å². The summed E-state index contributed by atoms with van der Waals surface area (Å²) in [5.41, 5.74) is 6.09. The summed E-state index contributed by atoms with van der Waals surface area (Å²) in [5.74, 6) is 0.950. The van der Waals surface area contributed by atoms with Gasteiger partial charge in [-0.3, -0.25) is 4.79 Å². The van der Waals surface area contributed by atoms with Crippen LogP contribution in [-0.4, -0.2) is 29.4 Å². The highest BCUT2D eigenvalue weighted by atomic mass is 16.2. The summed E-state index contributed by atoms with van der Waals surface area (Å²) in [6.07, 6.45) is 6.24. The zero-order valence-corrected chi connectivity index (χ0v) is 12.2. The SMILES string of the molecule is CC(C)(C)C1CCN(C(=O)C2(N)CCCC2)CC1. The predicted molar refractivity (Wildman–Crippen MR) is 74.1 cm³/mol. The largest absolute Gasteiger partial charge is 0.341 e. The molecule has 18 heavy (non-hydrogen) atoms. The van der Waals surface area contributed by atoms with E-state index in [2.05, 4.69) is 20.8 Å². The third-order valence-electron chi connectivity index (χ3n) is 4.93. The fraction of sp³-hybridized carbons (Fsp3) is 0.933. The third kappa shape index (κ3) is 2.71. The molecule has 2 aliphatic rings. The smallest absolute Gasteiger partial charge is 0.242 e. The predicted octanol–water partition coefficient (Wildman–Crippen LogP) is 2.54. The van der Waals surface area contributed by atoms with E-state index in [4.69, 9.17) is 5.73 Å². The topological polar surface area (TPSA) is 46.3 Å². The molecular weight excluding hydrogens is 224 g/mol. The highest BCUT2D eigenvalue weighted by Gasteiger charge is 2.41. The van der Waals surface area contributed by atoms with Crippen LogP contribution >= 0.6 is 0 Å². The van der Waals surface area contributed by atoms with Crippen LogP contribution in [0.25, 0.3) is 0 Å². The summed E-state index contributed by atoms with van der Waals surface area (Å²) in [5, 5.41) is 0. The maximum absolute atomic E-state index is 12.5. The standard InChI is InChI=1S/C15H28N2O/c1-14(2,3)12-6-10-17(11-7-12)13(18)15(16)8-4-5-9-15/h12H,4-11,16H2,1-3H3. The van der Waals surface area contributed by atoms with Crippen LogP contribution in [0.1, 0.15) is 59.3 Å². The lowest BCUT2D eigenvalue weighted by molar-refractivity contribution is -0.138. The normalized spacial score (nSPS) is 25.4. The van der Waals surface area contributed by atoms with Gasteiger partial charge in [0.1, 0.15) is 0 Å². The average Bonchev–Trinajstić information content (AvgIpc) is 2.75. The van der Waals surface area contributed by atoms with Gasteiger partial charge in [0.15, 0.2) is 0 Å².